The number of hydrogen-bond donors (Lipinski definition) is 2. The van der Waals surface area contributed by atoms with Crippen LogP contribution in [-0.4, -0.2) is 60.1 Å². The number of anilines is 1. The van der Waals surface area contributed by atoms with Crippen LogP contribution in [0, 0.1) is 17.8 Å². The van der Waals surface area contributed by atoms with E-state index in [1.807, 2.05) is 6.07 Å². The number of nitrogens with one attached hydrogen (secondary N) is 2. The Hall–Kier alpha value is -1.65. The molecule has 2 aromatic rings. The first-order valence-corrected chi connectivity index (χ1v) is 13.5. The second-order valence-corrected chi connectivity index (χ2v) is 13.4. The number of piperidine rings is 1. The zero-order valence-corrected chi connectivity index (χ0v) is 20.3. The van der Waals surface area contributed by atoms with Crippen LogP contribution in [0.4, 0.5) is 19.0 Å². The van der Waals surface area contributed by atoms with Crippen molar-refractivity contribution in [3.63, 3.8) is 0 Å². The molecule has 2 aliphatic heterocycles. The standard InChI is InChI=1S/C21H22F3IN5OS/c1-29-11-9-20(16(12-29)25-20)27-17-6-2-5-15-18(32-21(22,23)24)14(28-30(15)17)4-3-10-26-19(31)13-7-8-13/h2,5-6,13,16,27H,7-12H2,1H3,(H,26,31)/q-1/t16-,20-/m1/s1. The molecule has 2 atom stereocenters. The molecule has 3 fully saturated rings. The van der Waals surface area contributed by atoms with Crippen molar-refractivity contribution in [2.75, 3.05) is 32.0 Å². The molecule has 11 heteroatoms. The summed E-state index contributed by atoms with van der Waals surface area (Å²) in [6.07, 6.45) is 2.81. The van der Waals surface area contributed by atoms with Crippen molar-refractivity contribution in [3.05, 3.63) is 23.9 Å². The van der Waals surface area contributed by atoms with E-state index < -0.39 is 5.51 Å². The topological polar surface area (TPSA) is 61.7 Å². The number of amides is 1. The van der Waals surface area contributed by atoms with Crippen LogP contribution in [0.2, 0.25) is 0 Å². The number of hydrogen-bond acceptors (Lipinski definition) is 5. The van der Waals surface area contributed by atoms with E-state index in [1.165, 1.54) is 0 Å². The first-order valence-electron chi connectivity index (χ1n) is 10.4. The normalized spacial score (nSPS) is 25.3. The van der Waals surface area contributed by atoms with Crippen LogP contribution in [0.1, 0.15) is 25.0 Å². The molecule has 172 valence electrons. The maximum atomic E-state index is 13.3. The second-order valence-electron chi connectivity index (χ2n) is 8.30. The molecule has 0 radical (unpaired) electrons. The van der Waals surface area contributed by atoms with Gasteiger partial charge < -0.3 is 0 Å². The fourth-order valence-corrected chi connectivity index (χ4v) is 8.24. The zero-order valence-electron chi connectivity index (χ0n) is 17.3. The molecule has 1 aliphatic carbocycles. The Morgan fingerprint density at radius 2 is 2.22 bits per heavy atom. The van der Waals surface area contributed by atoms with Crippen LogP contribution in [0.25, 0.3) is 5.52 Å². The Balaban J connectivity index is 1.43. The van der Waals surface area contributed by atoms with Gasteiger partial charge in [-0.2, -0.15) is 0 Å². The van der Waals surface area contributed by atoms with Gasteiger partial charge in [0.1, 0.15) is 0 Å². The number of alkyl halides is 5. The van der Waals surface area contributed by atoms with E-state index in [1.54, 1.807) is 16.6 Å². The van der Waals surface area contributed by atoms with Crippen molar-refractivity contribution in [1.29, 1.82) is 0 Å². The molecule has 5 rings (SSSR count). The van der Waals surface area contributed by atoms with Gasteiger partial charge in [-0.15, -0.1) is 0 Å². The molecular formula is C21H22F3IN5OS-. The van der Waals surface area contributed by atoms with E-state index >= 15 is 0 Å². The first kappa shape index (κ1) is 22.2. The summed E-state index contributed by atoms with van der Waals surface area (Å²) >= 11 is -0.209. The van der Waals surface area contributed by atoms with Gasteiger partial charge in [-0.1, -0.05) is 0 Å². The van der Waals surface area contributed by atoms with E-state index in [2.05, 4.69) is 39.5 Å². The van der Waals surface area contributed by atoms with Crippen LogP contribution in [0.5, 0.6) is 0 Å². The summed E-state index contributed by atoms with van der Waals surface area (Å²) < 4.78 is 42.2. The summed E-state index contributed by atoms with van der Waals surface area (Å²) in [5, 5.41) is 10.8. The van der Waals surface area contributed by atoms with Crippen molar-refractivity contribution in [2.45, 2.75) is 37.1 Å². The summed E-state index contributed by atoms with van der Waals surface area (Å²) in [5.41, 5.74) is -4.00. The number of halogens is 4. The number of rotatable bonds is 5. The van der Waals surface area contributed by atoms with Gasteiger partial charge in [0, 0.05) is 0 Å². The number of pyridine rings is 1. The molecule has 0 spiro atoms. The third-order valence-corrected chi connectivity index (χ3v) is 10.8. The number of carbonyl (C=O) groups excluding carboxylic acids is 1. The summed E-state index contributed by atoms with van der Waals surface area (Å²) in [4.78, 5) is 14.1. The number of carbonyl (C=O) groups is 1. The molecule has 2 N–H and O–H groups in total. The molecule has 2 aromatic heterocycles. The molecule has 1 saturated carbocycles. The predicted molar refractivity (Wildman–Crippen MR) is 112 cm³/mol. The fraction of sp³-hybridized carbons (Fsp3) is 0.524. The van der Waals surface area contributed by atoms with Crippen molar-refractivity contribution < 1.29 is 39.2 Å². The minimum absolute atomic E-state index is 0.00917. The van der Waals surface area contributed by atoms with Crippen LogP contribution in [-0.2, 0) is 4.79 Å². The van der Waals surface area contributed by atoms with Crippen molar-refractivity contribution in [2.24, 2.45) is 5.92 Å². The van der Waals surface area contributed by atoms with E-state index in [9.17, 15) is 18.0 Å². The zero-order chi connectivity index (χ0) is 22.5. The average molecular weight is 576 g/mol. The third kappa shape index (κ3) is 4.68. The molecule has 2 saturated heterocycles. The number of nitrogens with zero attached hydrogens (tertiary/aromatic N) is 3. The molecule has 1 amide bonds. The second kappa shape index (κ2) is 8.29. The van der Waals surface area contributed by atoms with Crippen LogP contribution < -0.4 is 31.8 Å². The molecular weight excluding hydrogens is 554 g/mol. The van der Waals surface area contributed by atoms with Gasteiger partial charge in [-0.25, -0.2) is 0 Å². The fourth-order valence-electron chi connectivity index (χ4n) is 3.88. The van der Waals surface area contributed by atoms with Gasteiger partial charge in [0.2, 0.25) is 0 Å². The molecule has 32 heavy (non-hydrogen) atoms. The Labute approximate surface area is 198 Å². The molecule has 0 unspecified atom stereocenters. The summed E-state index contributed by atoms with van der Waals surface area (Å²) in [5.74, 6) is 6.23. The van der Waals surface area contributed by atoms with Gasteiger partial charge in [-0.3, -0.25) is 0 Å². The van der Waals surface area contributed by atoms with Gasteiger partial charge >= 0.3 is 186 Å². The average Bonchev–Trinajstić information content (AvgIpc) is 3.63. The predicted octanol–water partition coefficient (Wildman–Crippen LogP) is -0.261. The van der Waals surface area contributed by atoms with Gasteiger partial charge in [0.25, 0.3) is 0 Å². The molecule has 0 bridgehead atoms. The van der Waals surface area contributed by atoms with Crippen LogP contribution in [0.15, 0.2) is 23.1 Å². The Morgan fingerprint density at radius 1 is 1.41 bits per heavy atom. The van der Waals surface area contributed by atoms with Crippen molar-refractivity contribution >= 4 is 29.0 Å². The SMILES string of the molecule is CN1CC[C@]2(Nc3cccc4c(SC(F)(F)F)c(C#CCNC(=O)C5CC5)nn34)[I-][C@@H]2C1. The maximum absolute atomic E-state index is 13.3. The van der Waals surface area contributed by atoms with Crippen LogP contribution in [0.3, 0.4) is 0 Å². The number of likely N-dealkylation sites (tertiary alicyclic amines) is 1. The summed E-state index contributed by atoms with van der Waals surface area (Å²) in [6.45, 7) is 2.16. The van der Waals surface area contributed by atoms with Gasteiger partial charge in [-0.05, 0) is 12.8 Å². The molecule has 3 aliphatic rings. The first-order chi connectivity index (χ1) is 15.2. The third-order valence-electron chi connectivity index (χ3n) is 5.77. The van der Waals surface area contributed by atoms with E-state index in [4.69, 9.17) is 0 Å². The van der Waals surface area contributed by atoms with Gasteiger partial charge in [0.15, 0.2) is 0 Å². The Morgan fingerprint density at radius 3 is 2.94 bits per heavy atom. The van der Waals surface area contributed by atoms with Crippen molar-refractivity contribution in [3.8, 4) is 11.8 Å². The van der Waals surface area contributed by atoms with Gasteiger partial charge in [0.05, 0.1) is 0 Å². The summed E-state index contributed by atoms with van der Waals surface area (Å²) in [7, 11) is 2.12. The Kier molecular flexibility index (Phi) is 5.74. The summed E-state index contributed by atoms with van der Waals surface area (Å²) in [6, 6.07) is 5.26. The monoisotopic (exact) mass is 576 g/mol. The van der Waals surface area contributed by atoms with Crippen molar-refractivity contribution in [1.82, 2.24) is 19.8 Å². The van der Waals surface area contributed by atoms with E-state index in [0.29, 0.717) is 15.3 Å². The number of fused-ring (bicyclic) bond motifs is 2. The molecule has 4 heterocycles. The number of thioether (sulfide) groups is 1. The quantitative estimate of drug-likeness (QED) is 0.169. The number of aromatic nitrogens is 2. The molecule has 6 nitrogen and oxygen atoms in total. The Bertz CT molecular complexity index is 1120. The van der Waals surface area contributed by atoms with Crippen LogP contribution >= 0.6 is 11.8 Å². The van der Waals surface area contributed by atoms with E-state index in [0.717, 1.165) is 32.4 Å². The van der Waals surface area contributed by atoms with E-state index in [-0.39, 0.29) is 65.5 Å². The minimum atomic E-state index is -4.46. The molecule has 0 aromatic carbocycles.